The van der Waals surface area contributed by atoms with Crippen LogP contribution in [-0.2, 0) is 4.79 Å². The summed E-state index contributed by atoms with van der Waals surface area (Å²) in [6, 6.07) is 0.0580. The van der Waals surface area contributed by atoms with Gasteiger partial charge in [0.1, 0.15) is 0 Å². The minimum Gasteiger partial charge on any atom is -0.356 e. The molecule has 0 aromatic carbocycles. The zero-order valence-electron chi connectivity index (χ0n) is 8.46. The van der Waals surface area contributed by atoms with Gasteiger partial charge in [0, 0.05) is 19.0 Å². The molecule has 0 spiro atoms. The van der Waals surface area contributed by atoms with Crippen molar-refractivity contribution in [2.24, 2.45) is 11.7 Å². The largest absolute Gasteiger partial charge is 0.356 e. The lowest BCUT2D eigenvalue weighted by Gasteiger charge is -2.14. The third kappa shape index (κ3) is 3.04. The highest BCUT2D eigenvalue weighted by Crippen LogP contribution is 2.23. The maximum absolute atomic E-state index is 11.6. The maximum atomic E-state index is 11.6. The van der Waals surface area contributed by atoms with E-state index in [1.165, 1.54) is 0 Å². The molecule has 1 amide bonds. The van der Waals surface area contributed by atoms with E-state index >= 15 is 0 Å². The number of amides is 1. The fourth-order valence-corrected chi connectivity index (χ4v) is 1.85. The minimum atomic E-state index is 0.0286. The van der Waals surface area contributed by atoms with E-state index in [4.69, 9.17) is 12.2 Å². The topological polar surface area (TPSA) is 55.1 Å². The van der Waals surface area contributed by atoms with E-state index in [-0.39, 0.29) is 17.9 Å². The number of terminal acetylenes is 1. The summed E-state index contributed by atoms with van der Waals surface area (Å²) in [4.78, 5) is 11.6. The average Bonchev–Trinajstić information content (AvgIpc) is 2.59. The molecule has 2 unspecified atom stereocenters. The first-order chi connectivity index (χ1) is 6.75. The van der Waals surface area contributed by atoms with Crippen LogP contribution in [0.5, 0.6) is 0 Å². The molecule has 0 bridgehead atoms. The minimum absolute atomic E-state index is 0.0286. The van der Waals surface area contributed by atoms with E-state index in [1.807, 2.05) is 0 Å². The van der Waals surface area contributed by atoms with Crippen molar-refractivity contribution in [2.75, 3.05) is 6.54 Å². The summed E-state index contributed by atoms with van der Waals surface area (Å²) >= 11 is 0. The molecule has 0 saturated heterocycles. The van der Waals surface area contributed by atoms with Gasteiger partial charge in [-0.15, -0.1) is 12.3 Å². The quantitative estimate of drug-likeness (QED) is 0.510. The summed E-state index contributed by atoms with van der Waals surface area (Å²) in [5.74, 6) is 2.68. The number of nitrogens with one attached hydrogen (secondary N) is 1. The molecule has 0 heterocycles. The molecule has 0 radical (unpaired) electrons. The smallest absolute Gasteiger partial charge is 0.224 e. The highest BCUT2D eigenvalue weighted by Gasteiger charge is 2.29. The molecule has 3 nitrogen and oxygen atoms in total. The van der Waals surface area contributed by atoms with Gasteiger partial charge >= 0.3 is 0 Å². The molecule has 14 heavy (non-hydrogen) atoms. The third-order valence-electron chi connectivity index (χ3n) is 2.70. The summed E-state index contributed by atoms with van der Waals surface area (Å²) in [5, 5.41) is 2.88. The van der Waals surface area contributed by atoms with Gasteiger partial charge in [-0.2, -0.15) is 0 Å². The Morgan fingerprint density at radius 1 is 1.57 bits per heavy atom. The molecule has 3 heteroatoms. The van der Waals surface area contributed by atoms with E-state index in [2.05, 4.69) is 11.2 Å². The summed E-state index contributed by atoms with van der Waals surface area (Å²) < 4.78 is 0. The van der Waals surface area contributed by atoms with Crippen LogP contribution in [0, 0.1) is 18.3 Å². The normalized spacial score (nSPS) is 25.7. The van der Waals surface area contributed by atoms with Crippen molar-refractivity contribution in [3.05, 3.63) is 0 Å². The molecule has 0 aromatic rings. The van der Waals surface area contributed by atoms with Gasteiger partial charge in [0.15, 0.2) is 0 Å². The molecular weight excluding hydrogens is 176 g/mol. The number of hydrogen-bond acceptors (Lipinski definition) is 2. The zero-order valence-corrected chi connectivity index (χ0v) is 8.46. The van der Waals surface area contributed by atoms with E-state index in [1.54, 1.807) is 0 Å². The Bertz CT molecular complexity index is 232. The van der Waals surface area contributed by atoms with Crippen molar-refractivity contribution in [3.8, 4) is 12.3 Å². The zero-order chi connectivity index (χ0) is 10.4. The molecular formula is C11H18N2O. The molecule has 0 aliphatic heterocycles. The number of carbonyl (C=O) groups excluding carboxylic acids is 1. The Balaban J connectivity index is 2.18. The van der Waals surface area contributed by atoms with Crippen LogP contribution < -0.4 is 11.1 Å². The Morgan fingerprint density at radius 3 is 2.93 bits per heavy atom. The van der Waals surface area contributed by atoms with Crippen LogP contribution in [0.4, 0.5) is 0 Å². The first-order valence-electron chi connectivity index (χ1n) is 5.22. The molecule has 78 valence electrons. The van der Waals surface area contributed by atoms with Crippen molar-refractivity contribution < 1.29 is 4.79 Å². The summed E-state index contributed by atoms with van der Waals surface area (Å²) in [6.07, 6.45) is 9.66. The Kier molecular flexibility index (Phi) is 4.48. The molecule has 1 aliphatic carbocycles. The first kappa shape index (κ1) is 11.1. The fraction of sp³-hybridized carbons (Fsp3) is 0.727. The number of carbonyl (C=O) groups is 1. The lowest BCUT2D eigenvalue weighted by atomic mass is 10.0. The van der Waals surface area contributed by atoms with E-state index in [9.17, 15) is 4.79 Å². The van der Waals surface area contributed by atoms with Crippen LogP contribution in [0.2, 0.25) is 0 Å². The molecule has 0 aromatic heterocycles. The van der Waals surface area contributed by atoms with Gasteiger partial charge in [-0.1, -0.05) is 6.42 Å². The van der Waals surface area contributed by atoms with Crippen molar-refractivity contribution in [1.82, 2.24) is 5.32 Å². The second-order valence-corrected chi connectivity index (χ2v) is 3.80. The van der Waals surface area contributed by atoms with E-state index in [0.29, 0.717) is 6.54 Å². The number of nitrogens with two attached hydrogens (primary N) is 1. The lowest BCUT2D eigenvalue weighted by molar-refractivity contribution is -0.125. The van der Waals surface area contributed by atoms with Gasteiger partial charge in [-0.3, -0.25) is 4.79 Å². The molecule has 1 rings (SSSR count). The molecule has 3 N–H and O–H groups in total. The Labute approximate surface area is 85.4 Å². The number of rotatable bonds is 4. The van der Waals surface area contributed by atoms with Crippen molar-refractivity contribution in [3.63, 3.8) is 0 Å². The number of unbranched alkanes of at least 4 members (excludes halogenated alkanes) is 1. The summed E-state index contributed by atoms with van der Waals surface area (Å²) in [5.41, 5.74) is 5.82. The average molecular weight is 194 g/mol. The van der Waals surface area contributed by atoms with Gasteiger partial charge in [0.05, 0.1) is 5.92 Å². The molecule has 1 saturated carbocycles. The standard InChI is InChI=1S/C11H18N2O/c1-2-3-4-8-13-11(14)9-6-5-7-10(9)12/h1,9-10H,3-8,12H2,(H,13,14). The van der Waals surface area contributed by atoms with Crippen molar-refractivity contribution >= 4 is 5.91 Å². The highest BCUT2D eigenvalue weighted by molar-refractivity contribution is 5.79. The van der Waals surface area contributed by atoms with Gasteiger partial charge in [0.25, 0.3) is 0 Å². The third-order valence-corrected chi connectivity index (χ3v) is 2.70. The van der Waals surface area contributed by atoms with Crippen LogP contribution in [0.25, 0.3) is 0 Å². The van der Waals surface area contributed by atoms with E-state index < -0.39 is 0 Å². The second kappa shape index (κ2) is 5.66. The number of hydrogen-bond donors (Lipinski definition) is 2. The first-order valence-corrected chi connectivity index (χ1v) is 5.22. The van der Waals surface area contributed by atoms with Crippen molar-refractivity contribution in [2.45, 2.75) is 38.1 Å². The maximum Gasteiger partial charge on any atom is 0.224 e. The summed E-state index contributed by atoms with van der Waals surface area (Å²) in [7, 11) is 0. The van der Waals surface area contributed by atoms with Crippen molar-refractivity contribution in [1.29, 1.82) is 0 Å². The monoisotopic (exact) mass is 194 g/mol. The molecule has 2 atom stereocenters. The molecule has 1 fully saturated rings. The SMILES string of the molecule is C#CCCCNC(=O)C1CCCC1N. The van der Waals surface area contributed by atoms with Crippen LogP contribution >= 0.6 is 0 Å². The van der Waals surface area contributed by atoms with Crippen LogP contribution in [-0.4, -0.2) is 18.5 Å². The van der Waals surface area contributed by atoms with Gasteiger partial charge < -0.3 is 11.1 Å². The van der Waals surface area contributed by atoms with Crippen LogP contribution in [0.3, 0.4) is 0 Å². The van der Waals surface area contributed by atoms with E-state index in [0.717, 1.165) is 32.1 Å². The second-order valence-electron chi connectivity index (χ2n) is 3.80. The van der Waals surface area contributed by atoms with Crippen LogP contribution in [0.15, 0.2) is 0 Å². The van der Waals surface area contributed by atoms with Gasteiger partial charge in [-0.05, 0) is 19.3 Å². The van der Waals surface area contributed by atoms with Gasteiger partial charge in [0.2, 0.25) is 5.91 Å². The predicted octanol–water partition coefficient (Wildman–Crippen LogP) is 0.643. The summed E-state index contributed by atoms with van der Waals surface area (Å²) in [6.45, 7) is 0.673. The highest BCUT2D eigenvalue weighted by atomic mass is 16.1. The van der Waals surface area contributed by atoms with Crippen LogP contribution in [0.1, 0.15) is 32.1 Å². The Hall–Kier alpha value is -1.01. The fourth-order valence-electron chi connectivity index (χ4n) is 1.85. The Morgan fingerprint density at radius 2 is 2.36 bits per heavy atom. The van der Waals surface area contributed by atoms with Gasteiger partial charge in [-0.25, -0.2) is 0 Å². The predicted molar refractivity (Wildman–Crippen MR) is 56.4 cm³/mol. The lowest BCUT2D eigenvalue weighted by Crippen LogP contribution is -2.38. The molecule has 1 aliphatic rings.